The van der Waals surface area contributed by atoms with E-state index in [9.17, 15) is 4.79 Å². The molecule has 30 heavy (non-hydrogen) atoms. The van der Waals surface area contributed by atoms with Gasteiger partial charge in [0.1, 0.15) is 0 Å². The summed E-state index contributed by atoms with van der Waals surface area (Å²) in [5.74, 6) is 0.862. The molecule has 2 aromatic heterocycles. The highest BCUT2D eigenvalue weighted by molar-refractivity contribution is 8.00. The van der Waals surface area contributed by atoms with Crippen molar-refractivity contribution in [3.05, 3.63) is 60.4 Å². The van der Waals surface area contributed by atoms with Crippen LogP contribution in [0, 0.1) is 0 Å². The van der Waals surface area contributed by atoms with E-state index in [1.807, 2.05) is 69.9 Å². The van der Waals surface area contributed by atoms with Gasteiger partial charge in [0.15, 0.2) is 11.0 Å². The van der Waals surface area contributed by atoms with Gasteiger partial charge in [-0.05, 0) is 52.3 Å². The van der Waals surface area contributed by atoms with Crippen LogP contribution >= 0.6 is 11.8 Å². The van der Waals surface area contributed by atoms with E-state index in [0.717, 1.165) is 22.1 Å². The predicted octanol–water partition coefficient (Wildman–Crippen LogP) is 4.51. The minimum Gasteiger partial charge on any atom is -0.337 e. The van der Waals surface area contributed by atoms with Gasteiger partial charge in [-0.2, -0.15) is 0 Å². The van der Waals surface area contributed by atoms with Gasteiger partial charge >= 0.3 is 0 Å². The van der Waals surface area contributed by atoms with Gasteiger partial charge in [0.05, 0.1) is 11.8 Å². The maximum atomic E-state index is 13.1. The lowest BCUT2D eigenvalue weighted by Gasteiger charge is -2.32. The van der Waals surface area contributed by atoms with Gasteiger partial charge < -0.3 is 4.90 Å². The molecular weight excluding hydrogens is 394 g/mol. The van der Waals surface area contributed by atoms with Crippen molar-refractivity contribution in [2.24, 2.45) is 0 Å². The first-order chi connectivity index (χ1) is 14.4. The van der Waals surface area contributed by atoms with Gasteiger partial charge in [-0.1, -0.05) is 42.1 Å². The SMILES string of the molecule is CC(C)N(C(=O)[C@H](C)Sc1nnc(-c2cccnc2)n1Cc1ccccc1)C(C)C. The number of nitrogens with zero attached hydrogens (tertiary/aromatic N) is 5. The highest BCUT2D eigenvalue weighted by atomic mass is 32.2. The van der Waals surface area contributed by atoms with Crippen molar-refractivity contribution >= 4 is 17.7 Å². The second-order valence-corrected chi connectivity index (χ2v) is 9.12. The molecular formula is C23H29N5OS. The molecule has 7 heteroatoms. The Balaban J connectivity index is 1.92. The van der Waals surface area contributed by atoms with Gasteiger partial charge in [0.2, 0.25) is 5.91 Å². The van der Waals surface area contributed by atoms with Crippen molar-refractivity contribution in [1.29, 1.82) is 0 Å². The zero-order chi connectivity index (χ0) is 21.7. The second kappa shape index (κ2) is 9.89. The molecule has 0 aliphatic carbocycles. The molecule has 0 aliphatic rings. The van der Waals surface area contributed by atoms with Crippen molar-refractivity contribution in [2.45, 2.75) is 63.7 Å². The number of pyridine rings is 1. The third-order valence-electron chi connectivity index (χ3n) is 4.82. The van der Waals surface area contributed by atoms with Crippen LogP contribution in [0.2, 0.25) is 0 Å². The fourth-order valence-corrected chi connectivity index (χ4v) is 4.42. The van der Waals surface area contributed by atoms with E-state index < -0.39 is 0 Å². The van der Waals surface area contributed by atoms with E-state index in [1.54, 1.807) is 12.4 Å². The Kier molecular flexibility index (Phi) is 7.26. The third kappa shape index (κ3) is 5.08. The summed E-state index contributed by atoms with van der Waals surface area (Å²) in [5, 5.41) is 9.33. The Morgan fingerprint density at radius 2 is 1.70 bits per heavy atom. The molecule has 3 rings (SSSR count). The number of thioether (sulfide) groups is 1. The number of aromatic nitrogens is 4. The summed E-state index contributed by atoms with van der Waals surface area (Å²) in [6.45, 7) is 10.8. The Hall–Kier alpha value is -2.67. The number of benzene rings is 1. The molecule has 2 heterocycles. The Labute approximate surface area is 182 Å². The zero-order valence-electron chi connectivity index (χ0n) is 18.2. The summed E-state index contributed by atoms with van der Waals surface area (Å²) in [4.78, 5) is 19.3. The van der Waals surface area contributed by atoms with E-state index in [0.29, 0.717) is 6.54 Å². The molecule has 0 saturated carbocycles. The lowest BCUT2D eigenvalue weighted by Crippen LogP contribution is -2.45. The normalized spacial score (nSPS) is 12.4. The van der Waals surface area contributed by atoms with E-state index in [1.165, 1.54) is 11.8 Å². The second-order valence-electron chi connectivity index (χ2n) is 7.81. The first-order valence-electron chi connectivity index (χ1n) is 10.2. The van der Waals surface area contributed by atoms with Crippen molar-refractivity contribution < 1.29 is 4.79 Å². The third-order valence-corrected chi connectivity index (χ3v) is 5.89. The van der Waals surface area contributed by atoms with Crippen LogP contribution in [0.4, 0.5) is 0 Å². The molecule has 1 aromatic carbocycles. The molecule has 0 radical (unpaired) electrons. The highest BCUT2D eigenvalue weighted by Crippen LogP contribution is 2.29. The van der Waals surface area contributed by atoms with Crippen LogP contribution in [0.3, 0.4) is 0 Å². The van der Waals surface area contributed by atoms with Gasteiger partial charge in [-0.3, -0.25) is 14.3 Å². The van der Waals surface area contributed by atoms with Crippen LogP contribution in [-0.2, 0) is 11.3 Å². The summed E-state index contributed by atoms with van der Waals surface area (Å²) in [6.07, 6.45) is 3.53. The summed E-state index contributed by atoms with van der Waals surface area (Å²) >= 11 is 1.45. The summed E-state index contributed by atoms with van der Waals surface area (Å²) in [5.41, 5.74) is 2.05. The van der Waals surface area contributed by atoms with Gasteiger partial charge in [-0.15, -0.1) is 10.2 Å². The number of hydrogen-bond acceptors (Lipinski definition) is 5. The maximum Gasteiger partial charge on any atom is 0.236 e. The van der Waals surface area contributed by atoms with E-state index >= 15 is 0 Å². The van der Waals surface area contributed by atoms with Crippen molar-refractivity contribution in [3.8, 4) is 11.4 Å². The smallest absolute Gasteiger partial charge is 0.236 e. The summed E-state index contributed by atoms with van der Waals surface area (Å²) in [7, 11) is 0. The van der Waals surface area contributed by atoms with Crippen LogP contribution in [-0.4, -0.2) is 47.9 Å². The number of amides is 1. The molecule has 158 valence electrons. The quantitative estimate of drug-likeness (QED) is 0.499. The fraction of sp³-hybridized carbons (Fsp3) is 0.391. The van der Waals surface area contributed by atoms with Gasteiger partial charge in [0, 0.05) is 30.0 Å². The molecule has 0 spiro atoms. The van der Waals surface area contributed by atoms with Gasteiger partial charge in [-0.25, -0.2) is 0 Å². The lowest BCUT2D eigenvalue weighted by molar-refractivity contribution is -0.133. The first-order valence-corrected chi connectivity index (χ1v) is 11.1. The molecule has 0 saturated heterocycles. The molecule has 0 bridgehead atoms. The van der Waals surface area contributed by atoms with E-state index in [-0.39, 0.29) is 23.2 Å². The Morgan fingerprint density at radius 1 is 1.00 bits per heavy atom. The average Bonchev–Trinajstić information content (AvgIpc) is 3.11. The topological polar surface area (TPSA) is 63.9 Å². The molecule has 1 atom stereocenters. The monoisotopic (exact) mass is 423 g/mol. The number of rotatable bonds is 8. The molecule has 0 N–H and O–H groups in total. The van der Waals surface area contributed by atoms with Crippen LogP contribution in [0.15, 0.2) is 60.0 Å². The molecule has 1 amide bonds. The molecule has 0 aliphatic heterocycles. The largest absolute Gasteiger partial charge is 0.337 e. The summed E-state index contributed by atoms with van der Waals surface area (Å²) < 4.78 is 2.07. The maximum absolute atomic E-state index is 13.1. The lowest BCUT2D eigenvalue weighted by atomic mass is 10.2. The predicted molar refractivity (Wildman–Crippen MR) is 121 cm³/mol. The van der Waals surface area contributed by atoms with Crippen LogP contribution in [0.25, 0.3) is 11.4 Å². The summed E-state index contributed by atoms with van der Waals surface area (Å²) in [6, 6.07) is 14.4. The van der Waals surface area contributed by atoms with Crippen molar-refractivity contribution in [3.63, 3.8) is 0 Å². The minimum atomic E-state index is -0.268. The van der Waals surface area contributed by atoms with Gasteiger partial charge in [0.25, 0.3) is 0 Å². The van der Waals surface area contributed by atoms with Crippen LogP contribution < -0.4 is 0 Å². The molecule has 0 unspecified atom stereocenters. The number of carbonyl (C=O) groups is 1. The first kappa shape index (κ1) is 22.0. The fourth-order valence-electron chi connectivity index (χ4n) is 3.52. The van der Waals surface area contributed by atoms with Crippen LogP contribution in [0.1, 0.15) is 40.2 Å². The van der Waals surface area contributed by atoms with Crippen molar-refractivity contribution in [1.82, 2.24) is 24.6 Å². The zero-order valence-corrected chi connectivity index (χ0v) is 19.0. The number of hydrogen-bond donors (Lipinski definition) is 0. The molecule has 6 nitrogen and oxygen atoms in total. The average molecular weight is 424 g/mol. The minimum absolute atomic E-state index is 0.113. The number of carbonyl (C=O) groups excluding carboxylic acids is 1. The van der Waals surface area contributed by atoms with E-state index in [4.69, 9.17) is 0 Å². The van der Waals surface area contributed by atoms with E-state index in [2.05, 4.69) is 31.9 Å². The Bertz CT molecular complexity index is 948. The molecule has 3 aromatic rings. The highest BCUT2D eigenvalue weighted by Gasteiger charge is 2.28. The molecule has 0 fully saturated rings. The standard InChI is InChI=1S/C23H29N5OS/c1-16(2)28(17(3)4)22(29)18(5)30-23-26-25-21(20-12-9-13-24-14-20)27(23)15-19-10-7-6-8-11-19/h6-14,16-18H,15H2,1-5H3/t18-/m0/s1. The van der Waals surface area contributed by atoms with Crippen LogP contribution in [0.5, 0.6) is 0 Å². The van der Waals surface area contributed by atoms with Crippen molar-refractivity contribution in [2.75, 3.05) is 0 Å². The Morgan fingerprint density at radius 3 is 2.30 bits per heavy atom.